The Kier molecular flexibility index (Phi) is 7.35. The summed E-state index contributed by atoms with van der Waals surface area (Å²) in [6.07, 6.45) is 3.62. The molecule has 2 N–H and O–H groups in total. The fourth-order valence-electron chi connectivity index (χ4n) is 3.09. The van der Waals surface area contributed by atoms with E-state index < -0.39 is 5.97 Å². The first-order valence-corrected chi connectivity index (χ1v) is 8.85. The minimum absolute atomic E-state index is 0.116. The molecule has 1 aliphatic rings. The van der Waals surface area contributed by atoms with E-state index in [-0.39, 0.29) is 30.9 Å². The van der Waals surface area contributed by atoms with E-state index in [9.17, 15) is 14.4 Å². The summed E-state index contributed by atoms with van der Waals surface area (Å²) in [6, 6.07) is 3.17. The van der Waals surface area contributed by atoms with Crippen LogP contribution >= 0.6 is 11.6 Å². The molecule has 0 aliphatic carbocycles. The highest BCUT2D eigenvalue weighted by Crippen LogP contribution is 2.17. The maximum Gasteiger partial charge on any atom is 0.323 e. The topological polar surface area (TPSA) is 103 Å². The average Bonchev–Trinajstić information content (AvgIpc) is 2.80. The molecule has 1 aromatic rings. The van der Waals surface area contributed by atoms with E-state index in [0.717, 1.165) is 19.4 Å². The lowest BCUT2D eigenvalue weighted by molar-refractivity contribution is -0.145. The van der Waals surface area contributed by atoms with Crippen molar-refractivity contribution in [3.05, 3.63) is 23.4 Å². The molecule has 2 rings (SSSR count). The summed E-state index contributed by atoms with van der Waals surface area (Å²) in [6.45, 7) is 2.66. The number of halogens is 1. The molecule has 1 aromatic heterocycles. The average molecular weight is 383 g/mol. The summed E-state index contributed by atoms with van der Waals surface area (Å²) >= 11 is 5.77. The molecule has 26 heavy (non-hydrogen) atoms. The van der Waals surface area contributed by atoms with Crippen molar-refractivity contribution in [2.24, 2.45) is 0 Å². The largest absolute Gasteiger partial charge is 0.480 e. The zero-order chi connectivity index (χ0) is 19.1. The second-order valence-corrected chi connectivity index (χ2v) is 6.75. The highest BCUT2D eigenvalue weighted by molar-refractivity contribution is 6.30. The van der Waals surface area contributed by atoms with Gasteiger partial charge in [-0.15, -0.1) is 0 Å². The van der Waals surface area contributed by atoms with Gasteiger partial charge in [-0.05, 0) is 37.9 Å². The first-order valence-electron chi connectivity index (χ1n) is 8.48. The predicted octanol–water partition coefficient (Wildman–Crippen LogP) is 1.46. The zero-order valence-electron chi connectivity index (χ0n) is 14.7. The molecule has 2 heterocycles. The van der Waals surface area contributed by atoms with Gasteiger partial charge in [-0.1, -0.05) is 11.6 Å². The van der Waals surface area contributed by atoms with Crippen LogP contribution in [0.3, 0.4) is 0 Å². The molecular weight excluding hydrogens is 360 g/mol. The van der Waals surface area contributed by atoms with Crippen molar-refractivity contribution in [1.82, 2.24) is 14.8 Å². The van der Waals surface area contributed by atoms with Crippen LogP contribution in [0, 0.1) is 0 Å². The molecule has 0 aromatic carbocycles. The Morgan fingerprint density at radius 2 is 2.12 bits per heavy atom. The highest BCUT2D eigenvalue weighted by Gasteiger charge is 2.26. The van der Waals surface area contributed by atoms with Crippen LogP contribution < -0.4 is 5.32 Å². The number of carboxylic acids is 1. The Labute approximate surface area is 157 Å². The van der Waals surface area contributed by atoms with Crippen molar-refractivity contribution < 1.29 is 19.5 Å². The van der Waals surface area contributed by atoms with E-state index in [4.69, 9.17) is 16.7 Å². The van der Waals surface area contributed by atoms with Gasteiger partial charge in [-0.25, -0.2) is 4.98 Å². The smallest absolute Gasteiger partial charge is 0.323 e. The molecule has 1 aliphatic heterocycles. The SMILES string of the molecule is CC(=O)N(CC(=O)O)C1CCCN(CC(=O)Nc2ccc(Cl)cn2)CC1. The molecule has 2 amide bonds. The molecule has 1 fully saturated rings. The van der Waals surface area contributed by atoms with Crippen LogP contribution in [0.5, 0.6) is 0 Å². The Hall–Kier alpha value is -2.19. The Balaban J connectivity index is 1.87. The molecule has 0 saturated carbocycles. The zero-order valence-corrected chi connectivity index (χ0v) is 15.4. The normalized spacial score (nSPS) is 18.0. The number of carbonyl (C=O) groups is 3. The molecule has 1 unspecified atom stereocenters. The monoisotopic (exact) mass is 382 g/mol. The summed E-state index contributed by atoms with van der Waals surface area (Å²) in [5.41, 5.74) is 0. The van der Waals surface area contributed by atoms with Gasteiger partial charge in [0.15, 0.2) is 0 Å². The molecule has 0 spiro atoms. The van der Waals surface area contributed by atoms with Crippen molar-refractivity contribution in [2.75, 3.05) is 31.5 Å². The molecule has 142 valence electrons. The van der Waals surface area contributed by atoms with Crippen molar-refractivity contribution in [3.8, 4) is 0 Å². The number of nitrogens with one attached hydrogen (secondary N) is 1. The highest BCUT2D eigenvalue weighted by atomic mass is 35.5. The van der Waals surface area contributed by atoms with Gasteiger partial charge in [0.2, 0.25) is 11.8 Å². The third-order valence-corrected chi connectivity index (χ3v) is 4.53. The molecule has 8 nitrogen and oxygen atoms in total. The number of amides is 2. The van der Waals surface area contributed by atoms with Gasteiger partial charge in [-0.3, -0.25) is 19.3 Å². The number of anilines is 1. The molecule has 0 bridgehead atoms. The number of hydrogen-bond donors (Lipinski definition) is 2. The minimum atomic E-state index is -1.02. The lowest BCUT2D eigenvalue weighted by atomic mass is 10.1. The van der Waals surface area contributed by atoms with Crippen LogP contribution in [0.15, 0.2) is 18.3 Å². The van der Waals surface area contributed by atoms with Crippen molar-refractivity contribution in [1.29, 1.82) is 0 Å². The fourth-order valence-corrected chi connectivity index (χ4v) is 3.20. The minimum Gasteiger partial charge on any atom is -0.480 e. The molecule has 1 saturated heterocycles. The maximum absolute atomic E-state index is 12.2. The lowest BCUT2D eigenvalue weighted by Gasteiger charge is -2.28. The van der Waals surface area contributed by atoms with Gasteiger partial charge in [0.25, 0.3) is 0 Å². The number of aliphatic carboxylic acids is 1. The molecule has 1 atom stereocenters. The second-order valence-electron chi connectivity index (χ2n) is 6.31. The quantitative estimate of drug-likeness (QED) is 0.772. The summed E-state index contributed by atoms with van der Waals surface area (Å²) in [7, 11) is 0. The van der Waals surface area contributed by atoms with Gasteiger partial charge < -0.3 is 15.3 Å². The van der Waals surface area contributed by atoms with Gasteiger partial charge in [-0.2, -0.15) is 0 Å². The van der Waals surface area contributed by atoms with E-state index in [1.807, 2.05) is 4.90 Å². The number of nitrogens with zero attached hydrogens (tertiary/aromatic N) is 3. The number of carbonyl (C=O) groups excluding carboxylic acids is 2. The molecular formula is C17H23ClN4O4. The third kappa shape index (κ3) is 6.27. The van der Waals surface area contributed by atoms with Crippen LogP contribution in [0.25, 0.3) is 0 Å². The fraction of sp³-hybridized carbons (Fsp3) is 0.529. The Morgan fingerprint density at radius 1 is 1.35 bits per heavy atom. The van der Waals surface area contributed by atoms with Gasteiger partial charge in [0.05, 0.1) is 11.6 Å². The molecule has 9 heteroatoms. The summed E-state index contributed by atoms with van der Waals surface area (Å²) in [5, 5.41) is 12.2. The summed E-state index contributed by atoms with van der Waals surface area (Å²) < 4.78 is 0. The standard InChI is InChI=1S/C17H23ClN4O4/c1-12(23)22(11-17(25)26)14-3-2-7-21(8-6-14)10-16(24)20-15-5-4-13(18)9-19-15/h4-5,9,14H,2-3,6-8,10-11H2,1H3,(H,25,26)(H,19,20,24). The van der Waals surface area contributed by atoms with E-state index >= 15 is 0 Å². The number of hydrogen-bond acceptors (Lipinski definition) is 5. The number of likely N-dealkylation sites (tertiary alicyclic amines) is 1. The van der Waals surface area contributed by atoms with Crippen molar-refractivity contribution in [3.63, 3.8) is 0 Å². The maximum atomic E-state index is 12.2. The summed E-state index contributed by atoms with van der Waals surface area (Å²) in [5.74, 6) is -0.989. The van der Waals surface area contributed by atoms with Crippen molar-refractivity contribution >= 4 is 35.2 Å². The second kappa shape index (κ2) is 9.49. The van der Waals surface area contributed by atoms with Crippen LogP contribution in [-0.2, 0) is 14.4 Å². The first-order chi connectivity index (χ1) is 12.3. The van der Waals surface area contributed by atoms with Crippen LogP contribution in [-0.4, -0.2) is 69.9 Å². The Bertz CT molecular complexity index is 653. The van der Waals surface area contributed by atoms with Crippen LogP contribution in [0.1, 0.15) is 26.2 Å². The first kappa shape index (κ1) is 20.1. The number of carboxylic acid groups (broad SMARTS) is 1. The van der Waals surface area contributed by atoms with Gasteiger partial charge >= 0.3 is 5.97 Å². The van der Waals surface area contributed by atoms with E-state index in [2.05, 4.69) is 10.3 Å². The van der Waals surface area contributed by atoms with Gasteiger partial charge in [0.1, 0.15) is 12.4 Å². The van der Waals surface area contributed by atoms with E-state index in [1.54, 1.807) is 12.1 Å². The van der Waals surface area contributed by atoms with Gasteiger partial charge in [0, 0.05) is 25.7 Å². The third-order valence-electron chi connectivity index (χ3n) is 4.30. The van der Waals surface area contributed by atoms with E-state index in [1.165, 1.54) is 18.0 Å². The number of rotatable bonds is 6. The van der Waals surface area contributed by atoms with Crippen LogP contribution in [0.2, 0.25) is 5.02 Å². The van der Waals surface area contributed by atoms with Crippen LogP contribution in [0.4, 0.5) is 5.82 Å². The number of pyridine rings is 1. The molecule has 0 radical (unpaired) electrons. The lowest BCUT2D eigenvalue weighted by Crippen LogP contribution is -2.43. The van der Waals surface area contributed by atoms with E-state index in [0.29, 0.717) is 23.8 Å². The van der Waals surface area contributed by atoms with Crippen molar-refractivity contribution in [2.45, 2.75) is 32.2 Å². The Morgan fingerprint density at radius 3 is 2.73 bits per heavy atom. The predicted molar refractivity (Wildman–Crippen MR) is 97.0 cm³/mol. The summed E-state index contributed by atoms with van der Waals surface area (Å²) in [4.78, 5) is 42.3. The number of aromatic nitrogens is 1.